The summed E-state index contributed by atoms with van der Waals surface area (Å²) < 4.78 is 32.7. The Kier molecular flexibility index (Phi) is 7.04. The van der Waals surface area contributed by atoms with E-state index in [1.165, 1.54) is 0 Å². The molecule has 0 saturated carbocycles. The normalized spacial score (nSPS) is 22.6. The number of fused-ring (bicyclic) bond motifs is 1. The van der Waals surface area contributed by atoms with Crippen LogP contribution in [0.25, 0.3) is 0 Å². The van der Waals surface area contributed by atoms with E-state index in [2.05, 4.69) is 11.6 Å². The van der Waals surface area contributed by atoms with Crippen LogP contribution in [0.1, 0.15) is 30.9 Å². The van der Waals surface area contributed by atoms with Gasteiger partial charge in [0.1, 0.15) is 0 Å². The fourth-order valence-corrected chi connectivity index (χ4v) is 4.49. The highest BCUT2D eigenvalue weighted by molar-refractivity contribution is 7.89. The number of sulfonamides is 1. The zero-order valence-electron chi connectivity index (χ0n) is 14.8. The van der Waals surface area contributed by atoms with Crippen LogP contribution < -0.4 is 10.5 Å². The van der Waals surface area contributed by atoms with E-state index in [4.69, 9.17) is 10.5 Å². The van der Waals surface area contributed by atoms with Crippen molar-refractivity contribution in [2.45, 2.75) is 43.9 Å². The first-order chi connectivity index (χ1) is 11.9. The van der Waals surface area contributed by atoms with Crippen molar-refractivity contribution in [3.63, 3.8) is 0 Å². The van der Waals surface area contributed by atoms with Gasteiger partial charge in [0.05, 0.1) is 24.7 Å². The SMILES string of the molecule is CC1CCN(C(=O)CNS(=O)(=O)c2ccc3c(c2)COC3)C(CN)C1.Cl. The molecule has 146 valence electrons. The van der Waals surface area contributed by atoms with E-state index in [0.29, 0.717) is 32.2 Å². The fourth-order valence-electron chi connectivity index (χ4n) is 3.46. The summed E-state index contributed by atoms with van der Waals surface area (Å²) in [6.45, 7) is 3.84. The van der Waals surface area contributed by atoms with Crippen LogP contribution in [0.2, 0.25) is 0 Å². The van der Waals surface area contributed by atoms with Crippen LogP contribution in [0, 0.1) is 5.92 Å². The van der Waals surface area contributed by atoms with Crippen molar-refractivity contribution in [2.75, 3.05) is 19.6 Å². The number of halogens is 1. The minimum atomic E-state index is -3.73. The van der Waals surface area contributed by atoms with Crippen LogP contribution in [-0.2, 0) is 32.8 Å². The Morgan fingerprint density at radius 2 is 2.08 bits per heavy atom. The molecule has 1 aromatic rings. The summed E-state index contributed by atoms with van der Waals surface area (Å²) in [5.41, 5.74) is 7.65. The van der Waals surface area contributed by atoms with Crippen molar-refractivity contribution in [1.82, 2.24) is 9.62 Å². The Morgan fingerprint density at radius 1 is 1.35 bits per heavy atom. The Hall–Kier alpha value is -1.19. The van der Waals surface area contributed by atoms with E-state index < -0.39 is 10.0 Å². The topological polar surface area (TPSA) is 102 Å². The van der Waals surface area contributed by atoms with Crippen molar-refractivity contribution < 1.29 is 17.9 Å². The van der Waals surface area contributed by atoms with Gasteiger partial charge in [-0.1, -0.05) is 13.0 Å². The van der Waals surface area contributed by atoms with E-state index in [0.717, 1.165) is 24.0 Å². The second-order valence-electron chi connectivity index (χ2n) is 6.85. The zero-order chi connectivity index (χ0) is 18.0. The van der Waals surface area contributed by atoms with Crippen LogP contribution in [0.15, 0.2) is 23.1 Å². The van der Waals surface area contributed by atoms with E-state index >= 15 is 0 Å². The number of carbonyl (C=O) groups excluding carboxylic acids is 1. The summed E-state index contributed by atoms with van der Waals surface area (Å²) in [5, 5.41) is 0. The average Bonchev–Trinajstić information content (AvgIpc) is 3.07. The van der Waals surface area contributed by atoms with Gasteiger partial charge in [0.25, 0.3) is 0 Å². The first-order valence-corrected chi connectivity index (χ1v) is 10.1. The number of rotatable bonds is 5. The van der Waals surface area contributed by atoms with Crippen molar-refractivity contribution in [1.29, 1.82) is 0 Å². The number of nitrogens with zero attached hydrogens (tertiary/aromatic N) is 1. The molecule has 0 aromatic heterocycles. The molecule has 7 nitrogen and oxygen atoms in total. The largest absolute Gasteiger partial charge is 0.372 e. The smallest absolute Gasteiger partial charge is 0.241 e. The number of ether oxygens (including phenoxy) is 1. The van der Waals surface area contributed by atoms with Gasteiger partial charge < -0.3 is 15.4 Å². The molecule has 3 N–H and O–H groups in total. The van der Waals surface area contributed by atoms with E-state index in [-0.39, 0.29) is 35.8 Å². The first kappa shape index (κ1) is 21.1. The monoisotopic (exact) mass is 403 g/mol. The number of likely N-dealkylation sites (tertiary alicyclic amines) is 1. The van der Waals surface area contributed by atoms with Gasteiger partial charge in [-0.25, -0.2) is 13.1 Å². The van der Waals surface area contributed by atoms with Crippen molar-refractivity contribution >= 4 is 28.3 Å². The molecule has 1 aromatic carbocycles. The third kappa shape index (κ3) is 4.55. The molecule has 0 aliphatic carbocycles. The van der Waals surface area contributed by atoms with Gasteiger partial charge >= 0.3 is 0 Å². The number of nitrogens with two attached hydrogens (primary N) is 1. The zero-order valence-corrected chi connectivity index (χ0v) is 16.4. The first-order valence-electron chi connectivity index (χ1n) is 8.59. The number of benzene rings is 1. The van der Waals surface area contributed by atoms with Gasteiger partial charge in [0, 0.05) is 19.1 Å². The minimum Gasteiger partial charge on any atom is -0.372 e. The van der Waals surface area contributed by atoms with Gasteiger partial charge in [-0.2, -0.15) is 0 Å². The van der Waals surface area contributed by atoms with Gasteiger partial charge in [0.2, 0.25) is 15.9 Å². The molecule has 0 bridgehead atoms. The molecule has 0 spiro atoms. The quantitative estimate of drug-likeness (QED) is 0.763. The number of hydrogen-bond donors (Lipinski definition) is 2. The van der Waals surface area contributed by atoms with Crippen molar-refractivity contribution in [2.24, 2.45) is 11.7 Å². The Balaban J connectivity index is 0.00000243. The highest BCUT2D eigenvalue weighted by Crippen LogP contribution is 2.24. The number of nitrogens with one attached hydrogen (secondary N) is 1. The summed E-state index contributed by atoms with van der Waals surface area (Å²) in [7, 11) is -3.73. The summed E-state index contributed by atoms with van der Waals surface area (Å²) in [4.78, 5) is 14.3. The predicted molar refractivity (Wildman–Crippen MR) is 100 cm³/mol. The molecule has 9 heteroatoms. The van der Waals surface area contributed by atoms with Crippen molar-refractivity contribution in [3.8, 4) is 0 Å². The summed E-state index contributed by atoms with van der Waals surface area (Å²) in [6.07, 6.45) is 1.78. The van der Waals surface area contributed by atoms with Crippen LogP contribution in [0.5, 0.6) is 0 Å². The molecular formula is C17H26ClN3O4S. The number of carbonyl (C=O) groups is 1. The second-order valence-corrected chi connectivity index (χ2v) is 8.62. The molecule has 1 fully saturated rings. The minimum absolute atomic E-state index is 0. The third-order valence-electron chi connectivity index (χ3n) is 4.99. The molecule has 2 aliphatic heterocycles. The molecule has 0 radical (unpaired) electrons. The molecule has 1 saturated heterocycles. The molecule has 2 aliphatic rings. The highest BCUT2D eigenvalue weighted by Gasteiger charge is 2.29. The molecule has 2 heterocycles. The van der Waals surface area contributed by atoms with Gasteiger partial charge in [0.15, 0.2) is 0 Å². The van der Waals surface area contributed by atoms with Gasteiger partial charge in [-0.3, -0.25) is 4.79 Å². The lowest BCUT2D eigenvalue weighted by Gasteiger charge is -2.38. The average molecular weight is 404 g/mol. The van der Waals surface area contributed by atoms with E-state index in [9.17, 15) is 13.2 Å². The maximum absolute atomic E-state index is 12.5. The lowest BCUT2D eigenvalue weighted by molar-refractivity contribution is -0.133. The summed E-state index contributed by atoms with van der Waals surface area (Å²) in [5.74, 6) is 0.304. The lowest BCUT2D eigenvalue weighted by atomic mass is 9.92. The molecule has 1 amide bonds. The molecule has 3 rings (SSSR count). The van der Waals surface area contributed by atoms with Crippen LogP contribution in [0.4, 0.5) is 0 Å². The number of amides is 1. The highest BCUT2D eigenvalue weighted by atomic mass is 35.5. The Morgan fingerprint density at radius 3 is 2.81 bits per heavy atom. The van der Waals surface area contributed by atoms with E-state index in [1.807, 2.05) is 0 Å². The molecule has 26 heavy (non-hydrogen) atoms. The number of piperidine rings is 1. The molecular weight excluding hydrogens is 378 g/mol. The van der Waals surface area contributed by atoms with E-state index in [1.54, 1.807) is 23.1 Å². The molecule has 2 atom stereocenters. The molecule has 2 unspecified atom stereocenters. The Bertz CT molecular complexity index is 756. The van der Waals surface area contributed by atoms with Gasteiger partial charge in [-0.15, -0.1) is 12.4 Å². The predicted octanol–water partition coefficient (Wildman–Crippen LogP) is 1.00. The standard InChI is InChI=1S/C17H25N3O4S.ClH/c1-12-4-5-20(15(6-12)8-18)17(21)9-19-25(22,23)16-3-2-13-10-24-11-14(13)7-16;/h2-3,7,12,15,19H,4-6,8-11,18H2,1H3;1H. The number of hydrogen-bond acceptors (Lipinski definition) is 5. The van der Waals surface area contributed by atoms with Crippen LogP contribution >= 0.6 is 12.4 Å². The van der Waals surface area contributed by atoms with Gasteiger partial charge in [-0.05, 0) is 42.0 Å². The maximum atomic E-state index is 12.5. The summed E-state index contributed by atoms with van der Waals surface area (Å²) in [6, 6.07) is 4.90. The van der Waals surface area contributed by atoms with Crippen LogP contribution in [-0.4, -0.2) is 44.9 Å². The third-order valence-corrected chi connectivity index (χ3v) is 6.39. The van der Waals surface area contributed by atoms with Crippen LogP contribution in [0.3, 0.4) is 0 Å². The summed E-state index contributed by atoms with van der Waals surface area (Å²) >= 11 is 0. The lowest BCUT2D eigenvalue weighted by Crippen LogP contribution is -2.52. The fraction of sp³-hybridized carbons (Fsp3) is 0.588. The van der Waals surface area contributed by atoms with Crippen molar-refractivity contribution in [3.05, 3.63) is 29.3 Å². The Labute approximate surface area is 160 Å². The maximum Gasteiger partial charge on any atom is 0.241 e. The second kappa shape index (κ2) is 8.67.